The first-order valence-corrected chi connectivity index (χ1v) is 5.35. The minimum atomic E-state index is 0.0703. The molecule has 0 saturated heterocycles. The second kappa shape index (κ2) is 4.45. The molecule has 2 atom stereocenters. The normalized spacial score (nSPS) is 23.5. The van der Waals surface area contributed by atoms with Crippen LogP contribution >= 0.6 is 0 Å². The van der Waals surface area contributed by atoms with Crippen LogP contribution < -0.4 is 11.1 Å². The predicted molar refractivity (Wildman–Crippen MR) is 59.4 cm³/mol. The maximum absolute atomic E-state index is 11.3. The molecule has 1 aromatic rings. The Hall–Kier alpha value is -1.35. The van der Waals surface area contributed by atoms with E-state index in [1.165, 1.54) is 5.56 Å². The van der Waals surface area contributed by atoms with Crippen LogP contribution in [0, 0.1) is 0 Å². The lowest BCUT2D eigenvalue weighted by Gasteiger charge is -2.03. The van der Waals surface area contributed by atoms with Crippen LogP contribution in [0.1, 0.15) is 24.3 Å². The number of hydrogen-bond donors (Lipinski definition) is 2. The summed E-state index contributed by atoms with van der Waals surface area (Å²) in [5.74, 6) is 0.578. The van der Waals surface area contributed by atoms with Gasteiger partial charge in [-0.05, 0) is 12.0 Å². The Bertz CT molecular complexity index is 337. The zero-order valence-corrected chi connectivity index (χ0v) is 8.65. The van der Waals surface area contributed by atoms with Crippen LogP contribution in [0.5, 0.6) is 0 Å². The topological polar surface area (TPSA) is 55.1 Å². The summed E-state index contributed by atoms with van der Waals surface area (Å²) in [7, 11) is 0. The molecule has 3 N–H and O–H groups in total. The minimum Gasteiger partial charge on any atom is -0.353 e. The lowest BCUT2D eigenvalue weighted by Crippen LogP contribution is -2.28. The summed E-state index contributed by atoms with van der Waals surface area (Å²) in [6, 6.07) is 10.6. The lowest BCUT2D eigenvalue weighted by atomic mass is 10.1. The van der Waals surface area contributed by atoms with Crippen LogP contribution in [-0.2, 0) is 4.79 Å². The first kappa shape index (κ1) is 10.2. The maximum Gasteiger partial charge on any atom is 0.221 e. The molecule has 1 fully saturated rings. The number of hydrogen-bond acceptors (Lipinski definition) is 2. The number of benzene rings is 1. The fourth-order valence-electron chi connectivity index (χ4n) is 1.83. The fraction of sp³-hybridized carbons (Fsp3) is 0.417. The van der Waals surface area contributed by atoms with Crippen molar-refractivity contribution in [1.29, 1.82) is 0 Å². The van der Waals surface area contributed by atoms with Gasteiger partial charge in [-0.2, -0.15) is 0 Å². The van der Waals surface area contributed by atoms with Crippen LogP contribution in [0.4, 0.5) is 0 Å². The Labute approximate surface area is 89.7 Å². The molecule has 0 bridgehead atoms. The first-order valence-electron chi connectivity index (χ1n) is 5.35. The van der Waals surface area contributed by atoms with Gasteiger partial charge in [-0.15, -0.1) is 0 Å². The Morgan fingerprint density at radius 1 is 1.40 bits per heavy atom. The van der Waals surface area contributed by atoms with Gasteiger partial charge >= 0.3 is 0 Å². The van der Waals surface area contributed by atoms with Gasteiger partial charge in [0.05, 0.1) is 0 Å². The molecule has 2 unspecified atom stereocenters. The average Bonchev–Trinajstić information content (AvgIpc) is 2.99. The van der Waals surface area contributed by atoms with Crippen molar-refractivity contribution in [1.82, 2.24) is 5.32 Å². The van der Waals surface area contributed by atoms with Gasteiger partial charge in [-0.25, -0.2) is 0 Å². The molecule has 3 heteroatoms. The smallest absolute Gasteiger partial charge is 0.221 e. The molecule has 0 spiro atoms. The number of amides is 1. The highest BCUT2D eigenvalue weighted by molar-refractivity contribution is 5.77. The van der Waals surface area contributed by atoms with E-state index in [0.717, 1.165) is 6.42 Å². The molecular weight excluding hydrogens is 188 g/mol. The monoisotopic (exact) mass is 204 g/mol. The Morgan fingerprint density at radius 3 is 2.80 bits per heavy atom. The van der Waals surface area contributed by atoms with Crippen molar-refractivity contribution >= 4 is 5.91 Å². The number of nitrogens with one attached hydrogen (secondary N) is 1. The van der Waals surface area contributed by atoms with E-state index in [1.54, 1.807) is 0 Å². The van der Waals surface area contributed by atoms with E-state index in [-0.39, 0.29) is 5.91 Å². The standard InChI is InChI=1S/C12H16N2O/c13-7-6-12(15)14-11-8-10(11)9-4-2-1-3-5-9/h1-5,10-11H,6-8,13H2,(H,14,15). The summed E-state index contributed by atoms with van der Waals surface area (Å²) in [6.45, 7) is 0.425. The molecule has 0 aliphatic heterocycles. The molecule has 1 amide bonds. The molecular formula is C12H16N2O. The summed E-state index contributed by atoms with van der Waals surface area (Å²) in [6.07, 6.45) is 1.48. The van der Waals surface area contributed by atoms with Crippen molar-refractivity contribution in [3.05, 3.63) is 35.9 Å². The van der Waals surface area contributed by atoms with Crippen LogP contribution in [0.3, 0.4) is 0 Å². The second-order valence-electron chi connectivity index (χ2n) is 3.97. The highest BCUT2D eigenvalue weighted by Crippen LogP contribution is 2.40. The molecule has 0 radical (unpaired) electrons. The van der Waals surface area contributed by atoms with Gasteiger partial charge in [0.2, 0.25) is 5.91 Å². The molecule has 15 heavy (non-hydrogen) atoms. The zero-order valence-electron chi connectivity index (χ0n) is 8.65. The summed E-state index contributed by atoms with van der Waals surface area (Å²) < 4.78 is 0. The Kier molecular flexibility index (Phi) is 3.02. The van der Waals surface area contributed by atoms with Crippen molar-refractivity contribution in [2.75, 3.05) is 6.54 Å². The van der Waals surface area contributed by atoms with Crippen LogP contribution in [-0.4, -0.2) is 18.5 Å². The van der Waals surface area contributed by atoms with Gasteiger partial charge in [0.1, 0.15) is 0 Å². The molecule has 2 rings (SSSR count). The van der Waals surface area contributed by atoms with Crippen LogP contribution in [0.25, 0.3) is 0 Å². The first-order chi connectivity index (χ1) is 7.31. The predicted octanol–water partition coefficient (Wildman–Crippen LogP) is 1.01. The van der Waals surface area contributed by atoms with Gasteiger partial charge in [0.25, 0.3) is 0 Å². The van der Waals surface area contributed by atoms with Gasteiger partial charge < -0.3 is 11.1 Å². The lowest BCUT2D eigenvalue weighted by molar-refractivity contribution is -0.121. The number of carbonyl (C=O) groups is 1. The molecule has 80 valence electrons. The van der Waals surface area contributed by atoms with Crippen molar-refractivity contribution in [3.8, 4) is 0 Å². The summed E-state index contributed by atoms with van der Waals surface area (Å²) in [5.41, 5.74) is 6.63. The summed E-state index contributed by atoms with van der Waals surface area (Å²) >= 11 is 0. The van der Waals surface area contributed by atoms with Crippen molar-refractivity contribution in [2.45, 2.75) is 24.8 Å². The number of rotatable bonds is 4. The SMILES string of the molecule is NCCC(=O)NC1CC1c1ccccc1. The summed E-state index contributed by atoms with van der Waals surface area (Å²) in [5, 5.41) is 2.98. The quantitative estimate of drug-likeness (QED) is 0.769. The highest BCUT2D eigenvalue weighted by atomic mass is 16.1. The highest BCUT2D eigenvalue weighted by Gasteiger charge is 2.38. The van der Waals surface area contributed by atoms with E-state index in [0.29, 0.717) is 24.9 Å². The second-order valence-corrected chi connectivity index (χ2v) is 3.97. The van der Waals surface area contributed by atoms with Gasteiger partial charge in [-0.3, -0.25) is 4.79 Å². The molecule has 1 aliphatic carbocycles. The molecule has 1 saturated carbocycles. The van der Waals surface area contributed by atoms with Gasteiger partial charge in [0.15, 0.2) is 0 Å². The molecule has 0 aromatic heterocycles. The largest absolute Gasteiger partial charge is 0.353 e. The van der Waals surface area contributed by atoms with Crippen molar-refractivity contribution < 1.29 is 4.79 Å². The van der Waals surface area contributed by atoms with E-state index < -0.39 is 0 Å². The fourth-order valence-corrected chi connectivity index (χ4v) is 1.83. The summed E-state index contributed by atoms with van der Waals surface area (Å²) in [4.78, 5) is 11.3. The molecule has 0 heterocycles. The van der Waals surface area contributed by atoms with Gasteiger partial charge in [-0.1, -0.05) is 30.3 Å². The van der Waals surface area contributed by atoms with E-state index in [9.17, 15) is 4.79 Å². The average molecular weight is 204 g/mol. The Balaban J connectivity index is 1.84. The van der Waals surface area contributed by atoms with E-state index >= 15 is 0 Å². The third-order valence-corrected chi connectivity index (χ3v) is 2.74. The number of nitrogens with two attached hydrogens (primary N) is 1. The third kappa shape index (κ3) is 2.57. The molecule has 1 aliphatic rings. The van der Waals surface area contributed by atoms with Gasteiger partial charge in [0, 0.05) is 24.9 Å². The van der Waals surface area contributed by atoms with Crippen LogP contribution in [0.2, 0.25) is 0 Å². The third-order valence-electron chi connectivity index (χ3n) is 2.74. The van der Waals surface area contributed by atoms with Crippen LogP contribution in [0.15, 0.2) is 30.3 Å². The van der Waals surface area contributed by atoms with E-state index in [4.69, 9.17) is 5.73 Å². The van der Waals surface area contributed by atoms with E-state index in [1.807, 2.05) is 18.2 Å². The number of carbonyl (C=O) groups excluding carboxylic acids is 1. The minimum absolute atomic E-state index is 0.0703. The molecule has 1 aromatic carbocycles. The maximum atomic E-state index is 11.3. The molecule has 3 nitrogen and oxygen atoms in total. The Morgan fingerprint density at radius 2 is 2.13 bits per heavy atom. The zero-order chi connectivity index (χ0) is 10.7. The van der Waals surface area contributed by atoms with Crippen molar-refractivity contribution in [3.63, 3.8) is 0 Å². The van der Waals surface area contributed by atoms with Crippen molar-refractivity contribution in [2.24, 2.45) is 5.73 Å². The van der Waals surface area contributed by atoms with E-state index in [2.05, 4.69) is 17.4 Å².